The van der Waals surface area contributed by atoms with Crippen molar-refractivity contribution in [3.63, 3.8) is 0 Å². The van der Waals surface area contributed by atoms with E-state index in [-0.39, 0.29) is 24.4 Å². The number of carbonyl (C=O) groups excluding carboxylic acids is 1. The zero-order valence-corrected chi connectivity index (χ0v) is 15.2. The number of carbonyl (C=O) groups is 1. The Morgan fingerprint density at radius 2 is 1.64 bits per heavy atom. The highest BCUT2D eigenvalue weighted by Gasteiger charge is 2.20. The highest BCUT2D eigenvalue weighted by molar-refractivity contribution is 5.85. The van der Waals surface area contributed by atoms with Crippen LogP contribution in [0.25, 0.3) is 11.1 Å². The Kier molecular flexibility index (Phi) is 7.29. The van der Waals surface area contributed by atoms with Crippen LogP contribution in [0.4, 0.5) is 0 Å². The molecule has 1 aliphatic heterocycles. The van der Waals surface area contributed by atoms with Gasteiger partial charge in [-0.25, -0.2) is 0 Å². The number of rotatable bonds is 5. The van der Waals surface area contributed by atoms with Crippen molar-refractivity contribution >= 4 is 18.3 Å². The summed E-state index contributed by atoms with van der Waals surface area (Å²) in [7, 11) is 0. The Morgan fingerprint density at radius 1 is 1.04 bits per heavy atom. The normalized spacial score (nSPS) is 15.7. The Balaban J connectivity index is 0.00000225. The second-order valence-corrected chi connectivity index (χ2v) is 6.18. The third kappa shape index (κ3) is 5.48. The fraction of sp³-hybridized carbons (Fsp3) is 0.350. The van der Waals surface area contributed by atoms with Gasteiger partial charge >= 0.3 is 0 Å². The molecule has 0 bridgehead atoms. The van der Waals surface area contributed by atoms with Crippen LogP contribution in [0.3, 0.4) is 0 Å². The van der Waals surface area contributed by atoms with Gasteiger partial charge in [0.05, 0.1) is 0 Å². The third-order valence-corrected chi connectivity index (χ3v) is 4.33. The van der Waals surface area contributed by atoms with Crippen molar-refractivity contribution in [1.82, 2.24) is 10.6 Å². The maximum Gasteiger partial charge on any atom is 0.260 e. The van der Waals surface area contributed by atoms with Crippen molar-refractivity contribution < 1.29 is 9.53 Å². The Morgan fingerprint density at radius 3 is 2.28 bits per heavy atom. The summed E-state index contributed by atoms with van der Waals surface area (Å²) in [5.41, 5.74) is 2.30. The van der Waals surface area contributed by atoms with Gasteiger partial charge in [-0.2, -0.15) is 0 Å². The quantitative estimate of drug-likeness (QED) is 0.859. The molecule has 2 aromatic carbocycles. The molecule has 4 nitrogen and oxygen atoms in total. The number of piperidine rings is 1. The van der Waals surface area contributed by atoms with E-state index in [4.69, 9.17) is 4.74 Å². The fourth-order valence-electron chi connectivity index (χ4n) is 2.90. The van der Waals surface area contributed by atoms with Gasteiger partial charge in [-0.3, -0.25) is 4.79 Å². The van der Waals surface area contributed by atoms with Crippen LogP contribution < -0.4 is 15.4 Å². The molecule has 2 N–H and O–H groups in total. The average molecular weight is 361 g/mol. The molecule has 0 aliphatic carbocycles. The van der Waals surface area contributed by atoms with Crippen molar-refractivity contribution in [2.75, 3.05) is 13.1 Å². The van der Waals surface area contributed by atoms with E-state index in [1.165, 1.54) is 5.56 Å². The minimum atomic E-state index is -0.498. The van der Waals surface area contributed by atoms with E-state index in [0.29, 0.717) is 5.75 Å². The van der Waals surface area contributed by atoms with Crippen LogP contribution in [-0.2, 0) is 4.79 Å². The lowest BCUT2D eigenvalue weighted by molar-refractivity contribution is -0.128. The molecule has 0 saturated carbocycles. The summed E-state index contributed by atoms with van der Waals surface area (Å²) >= 11 is 0. The number of halogens is 1. The topological polar surface area (TPSA) is 50.4 Å². The summed E-state index contributed by atoms with van der Waals surface area (Å²) in [4.78, 5) is 12.2. The summed E-state index contributed by atoms with van der Waals surface area (Å²) in [6.07, 6.45) is 1.46. The molecule has 0 aromatic heterocycles. The standard InChI is InChI=1S/C20H24N2O2.ClH/c1-15(20(23)22-18-11-13-21-14-12-18)24-19-9-7-17(8-10-19)16-5-3-2-4-6-16;/h2-10,15,18,21H,11-14H2,1H3,(H,22,23);1H. The summed E-state index contributed by atoms with van der Waals surface area (Å²) in [5, 5.41) is 6.37. The first-order valence-corrected chi connectivity index (χ1v) is 8.55. The van der Waals surface area contributed by atoms with Crippen LogP contribution in [0.1, 0.15) is 19.8 Å². The number of nitrogens with one attached hydrogen (secondary N) is 2. The lowest BCUT2D eigenvalue weighted by atomic mass is 10.1. The molecule has 25 heavy (non-hydrogen) atoms. The SMILES string of the molecule is CC(Oc1ccc(-c2ccccc2)cc1)C(=O)NC1CCNCC1.Cl. The van der Waals surface area contributed by atoms with Gasteiger partial charge in [0.1, 0.15) is 5.75 Å². The molecule has 0 radical (unpaired) electrons. The summed E-state index contributed by atoms with van der Waals surface area (Å²) in [5.74, 6) is 0.664. The van der Waals surface area contributed by atoms with Crippen LogP contribution in [-0.4, -0.2) is 31.1 Å². The van der Waals surface area contributed by atoms with E-state index >= 15 is 0 Å². The second-order valence-electron chi connectivity index (χ2n) is 6.18. The van der Waals surface area contributed by atoms with E-state index in [2.05, 4.69) is 22.8 Å². The second kappa shape index (κ2) is 9.44. The van der Waals surface area contributed by atoms with Crippen molar-refractivity contribution in [2.24, 2.45) is 0 Å². The zero-order valence-electron chi connectivity index (χ0n) is 14.4. The smallest absolute Gasteiger partial charge is 0.260 e. The zero-order chi connectivity index (χ0) is 16.8. The molecular weight excluding hydrogens is 336 g/mol. The highest BCUT2D eigenvalue weighted by Crippen LogP contribution is 2.22. The van der Waals surface area contributed by atoms with Crippen LogP contribution in [0, 0.1) is 0 Å². The molecule has 134 valence electrons. The van der Waals surface area contributed by atoms with Gasteiger partial charge in [-0.1, -0.05) is 42.5 Å². The van der Waals surface area contributed by atoms with Gasteiger partial charge in [-0.05, 0) is 56.1 Å². The lowest BCUT2D eigenvalue weighted by Crippen LogP contribution is -2.46. The minimum absolute atomic E-state index is 0. The van der Waals surface area contributed by atoms with Gasteiger partial charge in [0.15, 0.2) is 6.10 Å². The van der Waals surface area contributed by atoms with E-state index in [0.717, 1.165) is 31.5 Å². The summed E-state index contributed by atoms with van der Waals surface area (Å²) < 4.78 is 5.78. The molecule has 1 unspecified atom stereocenters. The number of benzene rings is 2. The van der Waals surface area contributed by atoms with E-state index in [1.54, 1.807) is 6.92 Å². The Labute approximate surface area is 155 Å². The van der Waals surface area contributed by atoms with Crippen LogP contribution in [0.2, 0.25) is 0 Å². The van der Waals surface area contributed by atoms with Gasteiger partial charge < -0.3 is 15.4 Å². The van der Waals surface area contributed by atoms with E-state index in [9.17, 15) is 4.79 Å². The molecule has 1 aliphatic rings. The molecule has 1 heterocycles. The highest BCUT2D eigenvalue weighted by atomic mass is 35.5. The monoisotopic (exact) mass is 360 g/mol. The molecule has 1 atom stereocenters. The Hall–Kier alpha value is -2.04. The van der Waals surface area contributed by atoms with Crippen molar-refractivity contribution in [2.45, 2.75) is 31.9 Å². The molecule has 0 spiro atoms. The number of hydrogen-bond acceptors (Lipinski definition) is 3. The maximum absolute atomic E-state index is 12.2. The molecule has 2 aromatic rings. The van der Waals surface area contributed by atoms with E-state index < -0.39 is 6.10 Å². The Bertz CT molecular complexity index is 655. The number of ether oxygens (including phenoxy) is 1. The molecular formula is C20H25ClN2O2. The minimum Gasteiger partial charge on any atom is -0.481 e. The van der Waals surface area contributed by atoms with Crippen molar-refractivity contribution in [3.05, 3.63) is 54.6 Å². The first-order valence-electron chi connectivity index (χ1n) is 8.55. The van der Waals surface area contributed by atoms with Crippen molar-refractivity contribution in [1.29, 1.82) is 0 Å². The number of hydrogen-bond donors (Lipinski definition) is 2. The number of amides is 1. The first kappa shape index (κ1) is 19.3. The molecule has 1 amide bonds. The third-order valence-electron chi connectivity index (χ3n) is 4.33. The van der Waals surface area contributed by atoms with Crippen LogP contribution >= 0.6 is 12.4 Å². The van der Waals surface area contributed by atoms with E-state index in [1.807, 2.05) is 42.5 Å². The molecule has 5 heteroatoms. The van der Waals surface area contributed by atoms with Gasteiger partial charge in [0.2, 0.25) is 0 Å². The maximum atomic E-state index is 12.2. The van der Waals surface area contributed by atoms with Gasteiger partial charge in [0, 0.05) is 6.04 Å². The fourth-order valence-corrected chi connectivity index (χ4v) is 2.90. The average Bonchev–Trinajstić information content (AvgIpc) is 2.64. The molecule has 1 fully saturated rings. The van der Waals surface area contributed by atoms with Crippen LogP contribution in [0.15, 0.2) is 54.6 Å². The van der Waals surface area contributed by atoms with Gasteiger partial charge in [-0.15, -0.1) is 12.4 Å². The molecule has 1 saturated heterocycles. The molecule has 3 rings (SSSR count). The largest absolute Gasteiger partial charge is 0.481 e. The summed E-state index contributed by atoms with van der Waals surface area (Å²) in [6.45, 7) is 3.71. The van der Waals surface area contributed by atoms with Crippen LogP contribution in [0.5, 0.6) is 5.75 Å². The summed E-state index contributed by atoms with van der Waals surface area (Å²) in [6, 6.07) is 18.3. The lowest BCUT2D eigenvalue weighted by Gasteiger charge is -2.25. The van der Waals surface area contributed by atoms with Gasteiger partial charge in [0.25, 0.3) is 5.91 Å². The predicted octanol–water partition coefficient (Wildman–Crippen LogP) is 3.41. The predicted molar refractivity (Wildman–Crippen MR) is 103 cm³/mol. The van der Waals surface area contributed by atoms with Crippen molar-refractivity contribution in [3.8, 4) is 16.9 Å². The first-order chi connectivity index (χ1) is 11.7.